The van der Waals surface area contributed by atoms with E-state index in [2.05, 4.69) is 25.7 Å². The van der Waals surface area contributed by atoms with Crippen LogP contribution in [0.1, 0.15) is 30.1 Å². The number of rotatable bonds is 7. The molecule has 2 aromatic carbocycles. The molecule has 11 nitrogen and oxygen atoms in total. The molecule has 1 aliphatic rings. The van der Waals surface area contributed by atoms with Crippen LogP contribution in [-0.2, 0) is 20.1 Å². The van der Waals surface area contributed by atoms with Crippen LogP contribution in [0.3, 0.4) is 0 Å². The highest BCUT2D eigenvalue weighted by molar-refractivity contribution is 6.34. The van der Waals surface area contributed by atoms with Crippen LogP contribution < -0.4 is 16.7 Å². The fourth-order valence-corrected chi connectivity index (χ4v) is 4.52. The van der Waals surface area contributed by atoms with Gasteiger partial charge in [-0.05, 0) is 31.0 Å². The van der Waals surface area contributed by atoms with Crippen molar-refractivity contribution < 1.29 is 13.2 Å². The summed E-state index contributed by atoms with van der Waals surface area (Å²) in [6, 6.07) is 4.40. The first-order chi connectivity index (χ1) is 18.7. The maximum Gasteiger partial charge on any atom is 0.355 e. The van der Waals surface area contributed by atoms with Crippen molar-refractivity contribution in [2.45, 2.75) is 32.0 Å². The molecule has 3 aromatic heterocycles. The van der Waals surface area contributed by atoms with Crippen molar-refractivity contribution in [2.75, 3.05) is 5.32 Å². The molecular formula is C24H19ClF3N9O2. The van der Waals surface area contributed by atoms with E-state index in [1.165, 1.54) is 6.20 Å². The monoisotopic (exact) mass is 557 g/mol. The minimum atomic E-state index is -1.37. The molecule has 39 heavy (non-hydrogen) atoms. The van der Waals surface area contributed by atoms with Crippen molar-refractivity contribution in [3.05, 3.63) is 91.4 Å². The zero-order chi connectivity index (χ0) is 27.4. The predicted octanol–water partition coefficient (Wildman–Crippen LogP) is 3.13. The van der Waals surface area contributed by atoms with Gasteiger partial charge in [0, 0.05) is 30.3 Å². The standard InChI is InChI=1S/C24H19ClF3N9O2/c1-34-9-13-5-21(16(25)6-20(13)32-34)30-22-31-23(38)36(11-15-8-29-33-37(15)14-2-3-14)24(39)35(22)10-12-4-18(27)19(28)7-17(12)26/h4-9,14H,2-3,10-11H2,1H3,(H,30,31,38). The smallest absolute Gasteiger partial charge is 0.324 e. The molecule has 1 fully saturated rings. The fraction of sp³-hybridized carbons (Fsp3) is 0.250. The first-order valence-corrected chi connectivity index (χ1v) is 12.2. The molecule has 0 bridgehead atoms. The molecule has 0 aliphatic heterocycles. The van der Waals surface area contributed by atoms with Gasteiger partial charge < -0.3 is 5.32 Å². The molecule has 15 heteroatoms. The molecule has 0 unspecified atom stereocenters. The van der Waals surface area contributed by atoms with Crippen LogP contribution in [0.2, 0.25) is 5.02 Å². The number of benzene rings is 2. The lowest BCUT2D eigenvalue weighted by molar-refractivity contribution is 0.485. The van der Waals surface area contributed by atoms with Crippen molar-refractivity contribution in [2.24, 2.45) is 7.05 Å². The lowest BCUT2D eigenvalue weighted by Crippen LogP contribution is -2.43. The number of hydrogen-bond donors (Lipinski definition) is 1. The normalized spacial score (nSPS) is 13.4. The average molecular weight is 558 g/mol. The summed E-state index contributed by atoms with van der Waals surface area (Å²) in [5.74, 6) is -4.01. The molecule has 6 rings (SSSR count). The van der Waals surface area contributed by atoms with Crippen LogP contribution in [0.4, 0.5) is 24.8 Å². The molecule has 5 aromatic rings. The Balaban J connectivity index is 1.47. The Morgan fingerprint density at radius 3 is 2.56 bits per heavy atom. The lowest BCUT2D eigenvalue weighted by Gasteiger charge is -2.17. The Bertz CT molecular complexity index is 1870. The zero-order valence-corrected chi connectivity index (χ0v) is 21.0. The molecule has 0 amide bonds. The van der Waals surface area contributed by atoms with Crippen LogP contribution in [0.15, 0.2) is 46.2 Å². The van der Waals surface area contributed by atoms with E-state index in [0.29, 0.717) is 28.7 Å². The Hall–Kier alpha value is -4.46. The summed E-state index contributed by atoms with van der Waals surface area (Å²) in [6.45, 7) is -0.762. The van der Waals surface area contributed by atoms with Crippen LogP contribution in [0.5, 0.6) is 0 Å². The third kappa shape index (κ3) is 4.67. The molecule has 0 spiro atoms. The number of anilines is 2. The Kier molecular flexibility index (Phi) is 5.98. The lowest BCUT2D eigenvalue weighted by atomic mass is 10.2. The van der Waals surface area contributed by atoms with Crippen molar-refractivity contribution >= 4 is 34.1 Å². The number of aromatic nitrogens is 8. The minimum absolute atomic E-state index is 0.134. The van der Waals surface area contributed by atoms with E-state index in [1.54, 1.807) is 34.7 Å². The Labute approximate surface area is 222 Å². The van der Waals surface area contributed by atoms with Crippen LogP contribution >= 0.6 is 11.6 Å². The van der Waals surface area contributed by atoms with Gasteiger partial charge in [-0.25, -0.2) is 32.0 Å². The molecule has 3 heterocycles. The van der Waals surface area contributed by atoms with Gasteiger partial charge in [0.1, 0.15) is 5.82 Å². The third-order valence-corrected chi connectivity index (χ3v) is 6.70. The Morgan fingerprint density at radius 1 is 1.03 bits per heavy atom. The van der Waals surface area contributed by atoms with Gasteiger partial charge in [-0.1, -0.05) is 16.8 Å². The SMILES string of the molecule is Cn1cc2cc(Nc3nc(=O)n(Cc4cnnn4C4CC4)c(=O)n3Cc3cc(F)c(F)cc3F)c(Cl)cc2n1. The highest BCUT2D eigenvalue weighted by atomic mass is 35.5. The van der Waals surface area contributed by atoms with E-state index in [4.69, 9.17) is 11.6 Å². The zero-order valence-electron chi connectivity index (χ0n) is 20.3. The maximum atomic E-state index is 14.6. The molecule has 1 saturated carbocycles. The maximum absolute atomic E-state index is 14.6. The largest absolute Gasteiger partial charge is 0.355 e. The Morgan fingerprint density at radius 2 is 1.79 bits per heavy atom. The van der Waals surface area contributed by atoms with Crippen molar-refractivity contribution in [3.63, 3.8) is 0 Å². The number of fused-ring (bicyclic) bond motifs is 1. The summed E-state index contributed by atoms with van der Waals surface area (Å²) in [4.78, 5) is 30.7. The third-order valence-electron chi connectivity index (χ3n) is 6.38. The van der Waals surface area contributed by atoms with E-state index in [0.717, 1.165) is 22.0 Å². The molecule has 0 saturated heterocycles. The second-order valence-corrected chi connectivity index (χ2v) is 9.66. The van der Waals surface area contributed by atoms with Crippen molar-refractivity contribution in [1.29, 1.82) is 0 Å². The number of nitrogens with one attached hydrogen (secondary N) is 1. The average Bonchev–Trinajstić information content (AvgIpc) is 3.51. The van der Waals surface area contributed by atoms with E-state index in [9.17, 15) is 22.8 Å². The molecule has 200 valence electrons. The summed E-state index contributed by atoms with van der Waals surface area (Å²) in [6.07, 6.45) is 4.98. The fourth-order valence-electron chi connectivity index (χ4n) is 4.31. The summed E-state index contributed by atoms with van der Waals surface area (Å²) in [5.41, 5.74) is -0.690. The van der Waals surface area contributed by atoms with Gasteiger partial charge in [-0.2, -0.15) is 10.1 Å². The van der Waals surface area contributed by atoms with E-state index in [1.807, 2.05) is 0 Å². The topological polar surface area (TPSA) is 117 Å². The van der Waals surface area contributed by atoms with E-state index in [-0.39, 0.29) is 34.8 Å². The highest BCUT2D eigenvalue weighted by Gasteiger charge is 2.27. The van der Waals surface area contributed by atoms with Crippen LogP contribution in [0, 0.1) is 17.5 Å². The second-order valence-electron chi connectivity index (χ2n) is 9.25. The quantitative estimate of drug-likeness (QED) is 0.306. The summed E-state index contributed by atoms with van der Waals surface area (Å²) < 4.78 is 47.2. The second kappa shape index (κ2) is 9.38. The summed E-state index contributed by atoms with van der Waals surface area (Å²) in [7, 11) is 1.74. The highest BCUT2D eigenvalue weighted by Crippen LogP contribution is 2.35. The van der Waals surface area contributed by atoms with E-state index < -0.39 is 35.4 Å². The number of halogens is 4. The van der Waals surface area contributed by atoms with Gasteiger partial charge in [-0.15, -0.1) is 5.10 Å². The molecular weight excluding hydrogens is 539 g/mol. The molecule has 1 N–H and O–H groups in total. The van der Waals surface area contributed by atoms with Crippen molar-refractivity contribution in [3.8, 4) is 0 Å². The van der Waals surface area contributed by atoms with Gasteiger partial charge in [0.25, 0.3) is 0 Å². The van der Waals surface area contributed by atoms with Gasteiger partial charge >= 0.3 is 11.4 Å². The minimum Gasteiger partial charge on any atom is -0.324 e. The predicted molar refractivity (Wildman–Crippen MR) is 135 cm³/mol. The van der Waals surface area contributed by atoms with E-state index >= 15 is 0 Å². The molecule has 1 aliphatic carbocycles. The molecule has 0 radical (unpaired) electrons. The first-order valence-electron chi connectivity index (χ1n) is 11.8. The number of nitrogens with zero attached hydrogens (tertiary/aromatic N) is 8. The van der Waals surface area contributed by atoms with Crippen LogP contribution in [-0.4, -0.2) is 38.9 Å². The first kappa shape index (κ1) is 24.9. The van der Waals surface area contributed by atoms with Crippen molar-refractivity contribution in [1.82, 2.24) is 38.9 Å². The molecule has 0 atom stereocenters. The van der Waals surface area contributed by atoms with Gasteiger partial charge in [-0.3, -0.25) is 9.25 Å². The number of hydrogen-bond acceptors (Lipinski definition) is 7. The summed E-state index contributed by atoms with van der Waals surface area (Å²) in [5, 5.41) is 16.0. The van der Waals surface area contributed by atoms with Crippen LogP contribution in [0.25, 0.3) is 10.9 Å². The van der Waals surface area contributed by atoms with Gasteiger partial charge in [0.05, 0.1) is 47.2 Å². The summed E-state index contributed by atoms with van der Waals surface area (Å²) >= 11 is 6.42. The van der Waals surface area contributed by atoms with Gasteiger partial charge in [0.2, 0.25) is 5.95 Å². The number of aryl methyl sites for hydroxylation is 1. The van der Waals surface area contributed by atoms with Gasteiger partial charge in [0.15, 0.2) is 11.6 Å².